The standard InChI is InChI=1S/C16H24N2O.ClH/c1-11(2)14-8-3-4-9-15(14)18-16(19)12-6-5-7-13(17)10-12;/h3-4,8-9,11-13H,5-7,10,17H2,1-2H3,(H,18,19);1H. The molecule has 0 aliphatic heterocycles. The third-order valence-electron chi connectivity index (χ3n) is 3.93. The lowest BCUT2D eigenvalue weighted by atomic mass is 9.85. The molecule has 2 rings (SSSR count). The normalized spacial score (nSPS) is 22.2. The van der Waals surface area contributed by atoms with Crippen molar-refractivity contribution in [2.24, 2.45) is 11.7 Å². The van der Waals surface area contributed by atoms with Crippen LogP contribution in [0.15, 0.2) is 24.3 Å². The van der Waals surface area contributed by atoms with E-state index in [4.69, 9.17) is 5.73 Å². The first-order valence-corrected chi connectivity index (χ1v) is 7.23. The number of anilines is 1. The minimum Gasteiger partial charge on any atom is -0.328 e. The summed E-state index contributed by atoms with van der Waals surface area (Å²) < 4.78 is 0. The lowest BCUT2D eigenvalue weighted by Crippen LogP contribution is -2.34. The summed E-state index contributed by atoms with van der Waals surface area (Å²) in [5, 5.41) is 3.09. The van der Waals surface area contributed by atoms with Crippen LogP contribution in [-0.4, -0.2) is 11.9 Å². The monoisotopic (exact) mass is 296 g/mol. The smallest absolute Gasteiger partial charge is 0.227 e. The molecule has 1 saturated carbocycles. The zero-order valence-corrected chi connectivity index (χ0v) is 13.1. The van der Waals surface area contributed by atoms with Crippen molar-refractivity contribution in [3.8, 4) is 0 Å². The van der Waals surface area contributed by atoms with E-state index in [1.54, 1.807) is 0 Å². The van der Waals surface area contributed by atoms with Gasteiger partial charge < -0.3 is 11.1 Å². The Labute approximate surface area is 127 Å². The summed E-state index contributed by atoms with van der Waals surface area (Å²) in [6, 6.07) is 8.23. The second-order valence-electron chi connectivity index (χ2n) is 5.85. The number of amides is 1. The number of hydrogen-bond donors (Lipinski definition) is 2. The van der Waals surface area contributed by atoms with Crippen LogP contribution in [0.25, 0.3) is 0 Å². The van der Waals surface area contributed by atoms with Crippen LogP contribution in [0.3, 0.4) is 0 Å². The molecule has 112 valence electrons. The maximum absolute atomic E-state index is 12.3. The van der Waals surface area contributed by atoms with Gasteiger partial charge in [0.2, 0.25) is 5.91 Å². The van der Waals surface area contributed by atoms with Crippen LogP contribution in [0.1, 0.15) is 51.0 Å². The highest BCUT2D eigenvalue weighted by atomic mass is 35.5. The fourth-order valence-corrected chi connectivity index (χ4v) is 2.81. The molecule has 0 bridgehead atoms. The molecule has 2 unspecified atom stereocenters. The molecule has 0 heterocycles. The zero-order valence-electron chi connectivity index (χ0n) is 12.3. The van der Waals surface area contributed by atoms with Gasteiger partial charge in [-0.2, -0.15) is 0 Å². The highest BCUT2D eigenvalue weighted by Gasteiger charge is 2.25. The van der Waals surface area contributed by atoms with Gasteiger partial charge in [0.05, 0.1) is 0 Å². The van der Waals surface area contributed by atoms with Gasteiger partial charge >= 0.3 is 0 Å². The van der Waals surface area contributed by atoms with Gasteiger partial charge in [0, 0.05) is 17.6 Å². The molecule has 1 aliphatic carbocycles. The Morgan fingerprint density at radius 2 is 2.00 bits per heavy atom. The van der Waals surface area contributed by atoms with Crippen LogP contribution in [0, 0.1) is 5.92 Å². The van der Waals surface area contributed by atoms with E-state index in [9.17, 15) is 4.79 Å². The number of hydrogen-bond acceptors (Lipinski definition) is 2. The Bertz CT molecular complexity index is 448. The molecule has 0 aromatic heterocycles. The first kappa shape index (κ1) is 17.0. The van der Waals surface area contributed by atoms with E-state index in [0.717, 1.165) is 31.4 Å². The SMILES string of the molecule is CC(C)c1ccccc1NC(=O)C1CCCC(N)C1.Cl. The van der Waals surface area contributed by atoms with E-state index in [1.165, 1.54) is 5.56 Å². The summed E-state index contributed by atoms with van der Waals surface area (Å²) in [5.74, 6) is 0.609. The molecule has 0 saturated heterocycles. The van der Waals surface area contributed by atoms with E-state index in [2.05, 4.69) is 25.2 Å². The Hall–Kier alpha value is -1.06. The van der Waals surface area contributed by atoms with Gasteiger partial charge in [-0.05, 0) is 36.8 Å². The number of rotatable bonds is 3. The molecule has 3 nitrogen and oxygen atoms in total. The van der Waals surface area contributed by atoms with Crippen LogP contribution in [0.5, 0.6) is 0 Å². The first-order valence-electron chi connectivity index (χ1n) is 7.23. The van der Waals surface area contributed by atoms with Crippen molar-refractivity contribution in [3.05, 3.63) is 29.8 Å². The molecule has 0 spiro atoms. The Balaban J connectivity index is 0.00000200. The van der Waals surface area contributed by atoms with Crippen molar-refractivity contribution in [1.29, 1.82) is 0 Å². The molecule has 3 N–H and O–H groups in total. The average molecular weight is 297 g/mol. The fourth-order valence-electron chi connectivity index (χ4n) is 2.81. The van der Waals surface area contributed by atoms with Crippen LogP contribution >= 0.6 is 12.4 Å². The molecule has 20 heavy (non-hydrogen) atoms. The summed E-state index contributed by atoms with van der Waals surface area (Å²) in [4.78, 5) is 12.3. The van der Waals surface area contributed by atoms with Crippen molar-refractivity contribution < 1.29 is 4.79 Å². The Morgan fingerprint density at radius 1 is 1.30 bits per heavy atom. The molecule has 0 radical (unpaired) electrons. The van der Waals surface area contributed by atoms with Crippen molar-refractivity contribution in [3.63, 3.8) is 0 Å². The van der Waals surface area contributed by atoms with Gasteiger partial charge in [-0.25, -0.2) is 0 Å². The Morgan fingerprint density at radius 3 is 2.65 bits per heavy atom. The summed E-state index contributed by atoms with van der Waals surface area (Å²) in [7, 11) is 0. The lowest BCUT2D eigenvalue weighted by Gasteiger charge is -2.26. The predicted molar refractivity (Wildman–Crippen MR) is 86.3 cm³/mol. The van der Waals surface area contributed by atoms with Crippen molar-refractivity contribution in [1.82, 2.24) is 0 Å². The van der Waals surface area contributed by atoms with Crippen molar-refractivity contribution >= 4 is 24.0 Å². The van der Waals surface area contributed by atoms with Gasteiger partial charge in [0.1, 0.15) is 0 Å². The Kier molecular flexibility index (Phi) is 6.50. The van der Waals surface area contributed by atoms with Gasteiger partial charge in [0.15, 0.2) is 0 Å². The average Bonchev–Trinajstić information content (AvgIpc) is 2.39. The van der Waals surface area contributed by atoms with Crippen LogP contribution in [0.2, 0.25) is 0 Å². The highest BCUT2D eigenvalue weighted by molar-refractivity contribution is 5.93. The summed E-state index contributed by atoms with van der Waals surface area (Å²) in [6.45, 7) is 4.28. The molecule has 1 aromatic carbocycles. The summed E-state index contributed by atoms with van der Waals surface area (Å²) in [6.07, 6.45) is 3.89. The number of nitrogens with one attached hydrogen (secondary N) is 1. The molecule has 1 amide bonds. The molecular weight excluding hydrogens is 272 g/mol. The van der Waals surface area contributed by atoms with Gasteiger partial charge in [0.25, 0.3) is 0 Å². The van der Waals surface area contributed by atoms with E-state index in [0.29, 0.717) is 5.92 Å². The van der Waals surface area contributed by atoms with Gasteiger partial charge in [-0.15, -0.1) is 12.4 Å². The summed E-state index contributed by atoms with van der Waals surface area (Å²) >= 11 is 0. The highest BCUT2D eigenvalue weighted by Crippen LogP contribution is 2.27. The van der Waals surface area contributed by atoms with E-state index in [-0.39, 0.29) is 30.3 Å². The van der Waals surface area contributed by atoms with Crippen LogP contribution < -0.4 is 11.1 Å². The number of carbonyl (C=O) groups excluding carboxylic acids is 1. The first-order chi connectivity index (χ1) is 9.08. The van der Waals surface area contributed by atoms with Gasteiger partial charge in [-0.1, -0.05) is 38.5 Å². The maximum Gasteiger partial charge on any atom is 0.227 e. The molecule has 4 heteroatoms. The second kappa shape index (κ2) is 7.65. The topological polar surface area (TPSA) is 55.1 Å². The van der Waals surface area contributed by atoms with E-state index >= 15 is 0 Å². The third-order valence-corrected chi connectivity index (χ3v) is 3.93. The number of para-hydroxylation sites is 1. The maximum atomic E-state index is 12.3. The largest absolute Gasteiger partial charge is 0.328 e. The number of halogens is 1. The van der Waals surface area contributed by atoms with Crippen molar-refractivity contribution in [2.75, 3.05) is 5.32 Å². The minimum absolute atomic E-state index is 0. The van der Waals surface area contributed by atoms with E-state index < -0.39 is 0 Å². The van der Waals surface area contributed by atoms with E-state index in [1.807, 2.05) is 18.2 Å². The third kappa shape index (κ3) is 4.22. The number of nitrogens with two attached hydrogens (primary N) is 1. The molecule has 2 atom stereocenters. The molecular formula is C16H25ClN2O. The molecule has 1 aromatic rings. The fraction of sp³-hybridized carbons (Fsp3) is 0.562. The van der Waals surface area contributed by atoms with Gasteiger partial charge in [-0.3, -0.25) is 4.79 Å². The minimum atomic E-state index is 0. The zero-order chi connectivity index (χ0) is 13.8. The van der Waals surface area contributed by atoms with Crippen LogP contribution in [0.4, 0.5) is 5.69 Å². The van der Waals surface area contributed by atoms with Crippen molar-refractivity contribution in [2.45, 2.75) is 51.5 Å². The number of benzene rings is 1. The summed E-state index contributed by atoms with van der Waals surface area (Å²) in [5.41, 5.74) is 8.09. The number of carbonyl (C=O) groups is 1. The molecule has 1 aliphatic rings. The second-order valence-corrected chi connectivity index (χ2v) is 5.85. The molecule has 1 fully saturated rings. The van der Waals surface area contributed by atoms with Crippen LogP contribution in [-0.2, 0) is 4.79 Å². The lowest BCUT2D eigenvalue weighted by molar-refractivity contribution is -0.120. The quantitative estimate of drug-likeness (QED) is 0.894. The predicted octanol–water partition coefficient (Wildman–Crippen LogP) is 3.69.